The molecule has 0 unspecified atom stereocenters. The van der Waals surface area contributed by atoms with Crippen molar-refractivity contribution < 1.29 is 9.53 Å². The fourth-order valence-corrected chi connectivity index (χ4v) is 1.48. The first kappa shape index (κ1) is 13.9. The third-order valence-electron chi connectivity index (χ3n) is 2.26. The summed E-state index contributed by atoms with van der Waals surface area (Å²) in [4.78, 5) is 16.1. The molecule has 0 bridgehead atoms. The van der Waals surface area contributed by atoms with Crippen molar-refractivity contribution in [3.63, 3.8) is 0 Å². The number of ketones is 1. The summed E-state index contributed by atoms with van der Waals surface area (Å²) in [7, 11) is 1.63. The molecule has 0 amide bonds. The van der Waals surface area contributed by atoms with Crippen LogP contribution in [0.4, 0.5) is 0 Å². The lowest BCUT2D eigenvalue weighted by Crippen LogP contribution is -2.07. The maximum absolute atomic E-state index is 11.8. The Kier molecular flexibility index (Phi) is 5.87. The molecule has 0 aliphatic carbocycles. The number of aliphatic imine (C=N–C) groups is 1. The predicted molar refractivity (Wildman–Crippen MR) is 70.3 cm³/mol. The van der Waals surface area contributed by atoms with Crippen molar-refractivity contribution in [3.8, 4) is 0 Å². The Bertz CT molecular complexity index is 398. The highest BCUT2D eigenvalue weighted by Crippen LogP contribution is 2.11. The van der Waals surface area contributed by atoms with Gasteiger partial charge in [0, 0.05) is 29.8 Å². The predicted octanol–water partition coefficient (Wildman–Crippen LogP) is 3.02. The lowest BCUT2D eigenvalue weighted by molar-refractivity contribution is 0.100. The Morgan fingerprint density at radius 3 is 2.59 bits per heavy atom. The molecule has 0 aliphatic heterocycles. The number of carbonyl (C=O) groups is 1. The normalized spacial score (nSPS) is 11.6. The molecule has 17 heavy (non-hydrogen) atoms. The lowest BCUT2D eigenvalue weighted by Gasteiger charge is -2.01. The van der Waals surface area contributed by atoms with E-state index in [-0.39, 0.29) is 5.78 Å². The molecule has 0 saturated carbocycles. The minimum atomic E-state index is 0.0559. The van der Waals surface area contributed by atoms with Crippen LogP contribution in [-0.2, 0) is 4.74 Å². The molecule has 0 saturated heterocycles. The van der Waals surface area contributed by atoms with E-state index in [2.05, 4.69) is 4.99 Å². The number of halogens is 1. The Morgan fingerprint density at radius 2 is 2.00 bits per heavy atom. The second kappa shape index (κ2) is 7.20. The Labute approximate surface area is 106 Å². The Hall–Kier alpha value is -1.19. The van der Waals surface area contributed by atoms with E-state index < -0.39 is 0 Å². The third-order valence-corrected chi connectivity index (χ3v) is 2.51. The van der Waals surface area contributed by atoms with Crippen molar-refractivity contribution in [1.29, 1.82) is 0 Å². The monoisotopic (exact) mass is 253 g/mol. The molecule has 0 radical (unpaired) electrons. The van der Waals surface area contributed by atoms with Crippen molar-refractivity contribution in [2.24, 2.45) is 4.99 Å². The molecule has 1 rings (SSSR count). The number of methoxy groups -OCH3 is 1. The molecule has 0 aliphatic rings. The molecule has 0 spiro atoms. The van der Waals surface area contributed by atoms with E-state index in [4.69, 9.17) is 16.3 Å². The second-order valence-electron chi connectivity index (χ2n) is 3.72. The van der Waals surface area contributed by atoms with Gasteiger partial charge in [0.25, 0.3) is 0 Å². The van der Waals surface area contributed by atoms with Gasteiger partial charge in [-0.2, -0.15) is 0 Å². The van der Waals surface area contributed by atoms with E-state index in [9.17, 15) is 4.79 Å². The van der Waals surface area contributed by atoms with Crippen molar-refractivity contribution in [3.05, 3.63) is 34.9 Å². The van der Waals surface area contributed by atoms with Crippen molar-refractivity contribution in [2.45, 2.75) is 13.3 Å². The first-order chi connectivity index (χ1) is 8.13. The molecule has 0 atom stereocenters. The molecule has 0 heterocycles. The van der Waals surface area contributed by atoms with Crippen LogP contribution in [0.5, 0.6) is 0 Å². The molecule has 92 valence electrons. The highest BCUT2D eigenvalue weighted by atomic mass is 35.5. The lowest BCUT2D eigenvalue weighted by atomic mass is 10.1. The zero-order valence-electron chi connectivity index (χ0n) is 10.1. The Morgan fingerprint density at radius 1 is 1.35 bits per heavy atom. The topological polar surface area (TPSA) is 38.7 Å². The van der Waals surface area contributed by atoms with Crippen LogP contribution in [0, 0.1) is 0 Å². The summed E-state index contributed by atoms with van der Waals surface area (Å²) in [6.07, 6.45) is 0.339. The highest BCUT2D eigenvalue weighted by Gasteiger charge is 2.06. The molecular weight excluding hydrogens is 238 g/mol. The van der Waals surface area contributed by atoms with Gasteiger partial charge >= 0.3 is 0 Å². The molecular formula is C13H16ClNO2. The Balaban J connectivity index is 2.54. The number of Topliss-reactive ketones (excluding diaryl/α,β-unsaturated/α-hetero) is 1. The van der Waals surface area contributed by atoms with Gasteiger partial charge in [-0.25, -0.2) is 0 Å². The van der Waals surface area contributed by atoms with Crippen LogP contribution in [0.1, 0.15) is 23.7 Å². The summed E-state index contributed by atoms with van der Waals surface area (Å²) in [5.74, 6) is 0.0559. The molecule has 0 N–H and O–H groups in total. The first-order valence-corrected chi connectivity index (χ1v) is 5.79. The zero-order valence-corrected chi connectivity index (χ0v) is 10.8. The zero-order chi connectivity index (χ0) is 12.7. The number of rotatable bonds is 6. The molecule has 1 aromatic carbocycles. The fourth-order valence-electron chi connectivity index (χ4n) is 1.35. The largest absolute Gasteiger partial charge is 0.383 e. The van der Waals surface area contributed by atoms with Crippen LogP contribution in [0.2, 0.25) is 5.02 Å². The van der Waals surface area contributed by atoms with Gasteiger partial charge in [-0.1, -0.05) is 11.6 Å². The van der Waals surface area contributed by atoms with Crippen LogP contribution in [0.3, 0.4) is 0 Å². The molecule has 0 aromatic heterocycles. The number of carbonyl (C=O) groups excluding carboxylic acids is 1. The molecule has 3 nitrogen and oxygen atoms in total. The standard InChI is InChI=1S/C13H16ClNO2/c1-10(15-7-8-17-2)9-13(16)11-3-5-12(14)6-4-11/h3-6H,7-9H2,1-2H3. The number of hydrogen-bond donors (Lipinski definition) is 0. The van der Waals surface area contributed by atoms with Crippen molar-refractivity contribution in [1.82, 2.24) is 0 Å². The van der Waals surface area contributed by atoms with E-state index in [1.165, 1.54) is 0 Å². The van der Waals surface area contributed by atoms with Gasteiger partial charge in [0.1, 0.15) is 0 Å². The van der Waals surface area contributed by atoms with Gasteiger partial charge in [-0.15, -0.1) is 0 Å². The third kappa shape index (κ3) is 5.11. The number of benzene rings is 1. The van der Waals surface area contributed by atoms with Gasteiger partial charge in [0.2, 0.25) is 0 Å². The summed E-state index contributed by atoms with van der Waals surface area (Å²) in [6.45, 7) is 3.02. The van der Waals surface area contributed by atoms with E-state index in [1.54, 1.807) is 31.4 Å². The van der Waals surface area contributed by atoms with Gasteiger partial charge in [0.15, 0.2) is 5.78 Å². The van der Waals surface area contributed by atoms with E-state index in [0.29, 0.717) is 30.2 Å². The SMILES string of the molecule is COCCN=C(C)CC(=O)c1ccc(Cl)cc1. The maximum atomic E-state index is 11.8. The van der Waals surface area contributed by atoms with Crippen molar-refractivity contribution >= 4 is 23.1 Å². The smallest absolute Gasteiger partial charge is 0.168 e. The average molecular weight is 254 g/mol. The van der Waals surface area contributed by atoms with E-state index in [1.807, 2.05) is 6.92 Å². The van der Waals surface area contributed by atoms with Crippen LogP contribution in [0.15, 0.2) is 29.3 Å². The van der Waals surface area contributed by atoms with Gasteiger partial charge in [-0.05, 0) is 31.2 Å². The summed E-state index contributed by atoms with van der Waals surface area (Å²) in [5, 5.41) is 0.632. The van der Waals surface area contributed by atoms with Crippen LogP contribution >= 0.6 is 11.6 Å². The maximum Gasteiger partial charge on any atom is 0.168 e. The average Bonchev–Trinajstić information content (AvgIpc) is 2.30. The summed E-state index contributed by atoms with van der Waals surface area (Å²) in [6, 6.07) is 6.89. The second-order valence-corrected chi connectivity index (χ2v) is 4.15. The van der Waals surface area contributed by atoms with Gasteiger partial charge < -0.3 is 4.74 Å². The van der Waals surface area contributed by atoms with Crippen molar-refractivity contribution in [2.75, 3.05) is 20.3 Å². The summed E-state index contributed by atoms with van der Waals surface area (Å²) >= 11 is 5.76. The summed E-state index contributed by atoms with van der Waals surface area (Å²) < 4.78 is 4.89. The molecule has 4 heteroatoms. The number of hydrogen-bond acceptors (Lipinski definition) is 3. The number of nitrogens with zero attached hydrogens (tertiary/aromatic N) is 1. The van der Waals surface area contributed by atoms with Gasteiger partial charge in [-0.3, -0.25) is 9.79 Å². The molecule has 1 aromatic rings. The van der Waals surface area contributed by atoms with Crippen LogP contribution in [-0.4, -0.2) is 31.8 Å². The first-order valence-electron chi connectivity index (χ1n) is 5.41. The van der Waals surface area contributed by atoms with E-state index >= 15 is 0 Å². The fraction of sp³-hybridized carbons (Fsp3) is 0.385. The minimum Gasteiger partial charge on any atom is -0.383 e. The molecule has 0 fully saturated rings. The highest BCUT2D eigenvalue weighted by molar-refractivity contribution is 6.30. The quantitative estimate of drug-likeness (QED) is 0.444. The summed E-state index contributed by atoms with van der Waals surface area (Å²) in [5.41, 5.74) is 1.48. The number of ether oxygens (including phenoxy) is 1. The van der Waals surface area contributed by atoms with Crippen LogP contribution < -0.4 is 0 Å². The van der Waals surface area contributed by atoms with Gasteiger partial charge in [0.05, 0.1) is 13.2 Å². The van der Waals surface area contributed by atoms with E-state index in [0.717, 1.165) is 5.71 Å². The minimum absolute atomic E-state index is 0.0559. The van der Waals surface area contributed by atoms with Crippen LogP contribution in [0.25, 0.3) is 0 Å².